The van der Waals surface area contributed by atoms with E-state index in [4.69, 9.17) is 4.74 Å². The number of benzene rings is 2. The summed E-state index contributed by atoms with van der Waals surface area (Å²) in [5.41, 5.74) is 3.66. The fourth-order valence-corrected chi connectivity index (χ4v) is 3.81. The van der Waals surface area contributed by atoms with Gasteiger partial charge in [-0.05, 0) is 49.6 Å². The summed E-state index contributed by atoms with van der Waals surface area (Å²) in [5, 5.41) is 5.83. The lowest BCUT2D eigenvalue weighted by Crippen LogP contribution is -2.48. The standard InChI is InChI=1S/C25H29N3O4/c1-5-6-14-28-17(3)21(24(30)32-4)22(27-25(28)31)18-11-9-12-19(15-18)26-23(29)20-13-8-7-10-16(20)2/h7-13,15,22H,5-6,14H2,1-4H3,(H,26,29)(H,27,31). The molecule has 1 atom stereocenters. The molecule has 1 heterocycles. The Morgan fingerprint density at radius 2 is 1.88 bits per heavy atom. The second kappa shape index (κ2) is 10.1. The van der Waals surface area contributed by atoms with Crippen molar-refractivity contribution in [3.63, 3.8) is 0 Å². The number of rotatable bonds is 7. The van der Waals surface area contributed by atoms with Crippen molar-refractivity contribution in [3.05, 3.63) is 76.5 Å². The molecule has 3 rings (SSSR count). The maximum atomic E-state index is 12.8. The number of aryl methyl sites for hydroxylation is 1. The summed E-state index contributed by atoms with van der Waals surface area (Å²) in [5.74, 6) is -0.720. The number of carbonyl (C=O) groups excluding carboxylic acids is 3. The van der Waals surface area contributed by atoms with Gasteiger partial charge in [0.25, 0.3) is 5.91 Å². The highest BCUT2D eigenvalue weighted by Crippen LogP contribution is 2.32. The summed E-state index contributed by atoms with van der Waals surface area (Å²) in [7, 11) is 1.32. The highest BCUT2D eigenvalue weighted by molar-refractivity contribution is 6.05. The molecule has 1 aliphatic heterocycles. The molecule has 0 saturated heterocycles. The van der Waals surface area contributed by atoms with Crippen LogP contribution in [0.2, 0.25) is 0 Å². The van der Waals surface area contributed by atoms with E-state index in [2.05, 4.69) is 10.6 Å². The van der Waals surface area contributed by atoms with Gasteiger partial charge in [-0.25, -0.2) is 9.59 Å². The molecular formula is C25H29N3O4. The zero-order valence-corrected chi connectivity index (χ0v) is 18.9. The van der Waals surface area contributed by atoms with Gasteiger partial charge in [-0.1, -0.05) is 43.7 Å². The highest BCUT2D eigenvalue weighted by atomic mass is 16.5. The van der Waals surface area contributed by atoms with Crippen LogP contribution in [0.4, 0.5) is 10.5 Å². The third-order valence-electron chi connectivity index (χ3n) is 5.60. The first-order chi connectivity index (χ1) is 15.4. The van der Waals surface area contributed by atoms with E-state index in [9.17, 15) is 14.4 Å². The van der Waals surface area contributed by atoms with Crippen LogP contribution in [0.15, 0.2) is 59.8 Å². The number of urea groups is 1. The highest BCUT2D eigenvalue weighted by Gasteiger charge is 2.36. The van der Waals surface area contributed by atoms with Gasteiger partial charge in [0.05, 0.1) is 18.7 Å². The molecule has 0 bridgehead atoms. The molecule has 0 radical (unpaired) electrons. The Kier molecular flexibility index (Phi) is 7.30. The molecule has 2 aromatic carbocycles. The van der Waals surface area contributed by atoms with Crippen LogP contribution in [0.3, 0.4) is 0 Å². The fraction of sp³-hybridized carbons (Fsp3) is 0.320. The Balaban J connectivity index is 1.93. The minimum atomic E-state index is -0.678. The number of anilines is 1. The van der Waals surface area contributed by atoms with Crippen LogP contribution in [0, 0.1) is 6.92 Å². The van der Waals surface area contributed by atoms with Crippen LogP contribution in [0.25, 0.3) is 0 Å². The second-order valence-corrected chi connectivity index (χ2v) is 7.77. The number of ether oxygens (including phenoxy) is 1. The molecule has 168 valence electrons. The largest absolute Gasteiger partial charge is 0.466 e. The first kappa shape index (κ1) is 23.1. The summed E-state index contributed by atoms with van der Waals surface area (Å²) in [4.78, 5) is 39.7. The molecule has 0 spiro atoms. The average Bonchev–Trinajstić information content (AvgIpc) is 2.78. The third kappa shape index (κ3) is 4.82. The van der Waals surface area contributed by atoms with Gasteiger partial charge in [0.2, 0.25) is 0 Å². The number of allylic oxidation sites excluding steroid dienone is 1. The molecular weight excluding hydrogens is 406 g/mol. The smallest absolute Gasteiger partial charge is 0.337 e. The van der Waals surface area contributed by atoms with Gasteiger partial charge < -0.3 is 15.4 Å². The molecule has 2 N–H and O–H groups in total. The van der Waals surface area contributed by atoms with Crippen molar-refractivity contribution in [1.82, 2.24) is 10.2 Å². The monoisotopic (exact) mass is 435 g/mol. The van der Waals surface area contributed by atoms with Crippen LogP contribution in [-0.2, 0) is 9.53 Å². The number of unbranched alkanes of at least 4 members (excludes halogenated alkanes) is 1. The molecule has 32 heavy (non-hydrogen) atoms. The Labute approximate surface area is 188 Å². The predicted octanol–water partition coefficient (Wildman–Crippen LogP) is 4.56. The summed E-state index contributed by atoms with van der Waals surface area (Å²) < 4.78 is 5.02. The number of amides is 3. The van der Waals surface area contributed by atoms with Crippen molar-refractivity contribution in [2.24, 2.45) is 0 Å². The summed E-state index contributed by atoms with van der Waals surface area (Å²) in [6, 6.07) is 13.5. The van der Waals surface area contributed by atoms with E-state index in [0.717, 1.165) is 18.4 Å². The van der Waals surface area contributed by atoms with Crippen molar-refractivity contribution in [2.45, 2.75) is 39.7 Å². The zero-order chi connectivity index (χ0) is 23.3. The van der Waals surface area contributed by atoms with Crippen LogP contribution in [0.5, 0.6) is 0 Å². The van der Waals surface area contributed by atoms with Crippen LogP contribution >= 0.6 is 0 Å². The summed E-state index contributed by atoms with van der Waals surface area (Å²) in [6.45, 7) is 6.20. The van der Waals surface area contributed by atoms with E-state index < -0.39 is 12.0 Å². The molecule has 7 nitrogen and oxygen atoms in total. The van der Waals surface area contributed by atoms with Crippen LogP contribution in [0.1, 0.15) is 54.2 Å². The molecule has 7 heteroatoms. The normalized spacial score (nSPS) is 15.9. The number of methoxy groups -OCH3 is 1. The van der Waals surface area contributed by atoms with Crippen molar-refractivity contribution >= 4 is 23.6 Å². The lowest BCUT2D eigenvalue weighted by molar-refractivity contribution is -0.136. The Bertz CT molecular complexity index is 1060. The summed E-state index contributed by atoms with van der Waals surface area (Å²) >= 11 is 0. The molecule has 2 aromatic rings. The van der Waals surface area contributed by atoms with E-state index in [1.54, 1.807) is 36.1 Å². The lowest BCUT2D eigenvalue weighted by atomic mass is 9.94. The number of hydrogen-bond donors (Lipinski definition) is 2. The van der Waals surface area contributed by atoms with Crippen molar-refractivity contribution in [1.29, 1.82) is 0 Å². The minimum Gasteiger partial charge on any atom is -0.466 e. The van der Waals surface area contributed by atoms with Crippen LogP contribution < -0.4 is 10.6 Å². The maximum absolute atomic E-state index is 12.8. The predicted molar refractivity (Wildman–Crippen MR) is 123 cm³/mol. The summed E-state index contributed by atoms with van der Waals surface area (Å²) in [6.07, 6.45) is 1.75. The van der Waals surface area contributed by atoms with Crippen molar-refractivity contribution in [2.75, 3.05) is 19.0 Å². The SMILES string of the molecule is CCCCN1C(=O)NC(c2cccc(NC(=O)c3ccccc3C)c2)C(C(=O)OC)=C1C. The average molecular weight is 436 g/mol. The van der Waals surface area contributed by atoms with Gasteiger partial charge in [-0.3, -0.25) is 9.69 Å². The van der Waals surface area contributed by atoms with Gasteiger partial charge in [-0.2, -0.15) is 0 Å². The van der Waals surface area contributed by atoms with E-state index >= 15 is 0 Å². The first-order valence-corrected chi connectivity index (χ1v) is 10.7. The topological polar surface area (TPSA) is 87.7 Å². The maximum Gasteiger partial charge on any atom is 0.337 e. The molecule has 1 unspecified atom stereocenters. The van der Waals surface area contributed by atoms with Gasteiger partial charge in [0.15, 0.2) is 0 Å². The van der Waals surface area contributed by atoms with Crippen molar-refractivity contribution in [3.8, 4) is 0 Å². The quantitative estimate of drug-likeness (QED) is 0.624. The van der Waals surface area contributed by atoms with E-state index in [-0.39, 0.29) is 11.9 Å². The Morgan fingerprint density at radius 3 is 2.56 bits per heavy atom. The van der Waals surface area contributed by atoms with E-state index in [1.807, 2.05) is 38.1 Å². The number of nitrogens with zero attached hydrogens (tertiary/aromatic N) is 1. The number of esters is 1. The number of carbonyl (C=O) groups is 3. The van der Waals surface area contributed by atoms with Gasteiger partial charge in [-0.15, -0.1) is 0 Å². The second-order valence-electron chi connectivity index (χ2n) is 7.77. The fourth-order valence-electron chi connectivity index (χ4n) is 3.81. The lowest BCUT2D eigenvalue weighted by Gasteiger charge is -2.35. The molecule has 0 aromatic heterocycles. The number of nitrogens with one attached hydrogen (secondary N) is 2. The Morgan fingerprint density at radius 1 is 1.12 bits per heavy atom. The van der Waals surface area contributed by atoms with E-state index in [1.165, 1.54) is 7.11 Å². The van der Waals surface area contributed by atoms with Crippen molar-refractivity contribution < 1.29 is 19.1 Å². The molecule has 3 amide bonds. The molecule has 0 aliphatic carbocycles. The Hall–Kier alpha value is -3.61. The van der Waals surface area contributed by atoms with Gasteiger partial charge >= 0.3 is 12.0 Å². The minimum absolute atomic E-state index is 0.224. The third-order valence-corrected chi connectivity index (χ3v) is 5.60. The van der Waals surface area contributed by atoms with Gasteiger partial charge in [0, 0.05) is 23.5 Å². The molecule has 0 fully saturated rings. The van der Waals surface area contributed by atoms with Crippen LogP contribution in [-0.4, -0.2) is 36.5 Å². The molecule has 1 aliphatic rings. The van der Waals surface area contributed by atoms with Gasteiger partial charge in [0.1, 0.15) is 0 Å². The first-order valence-electron chi connectivity index (χ1n) is 10.7. The molecule has 0 saturated carbocycles. The zero-order valence-electron chi connectivity index (χ0n) is 18.9. The van der Waals surface area contributed by atoms with E-state index in [0.29, 0.717) is 34.6 Å². The number of hydrogen-bond acceptors (Lipinski definition) is 4.